The van der Waals surface area contributed by atoms with Gasteiger partial charge >= 0.3 is 0 Å². The topological polar surface area (TPSA) is 87.0 Å². The van der Waals surface area contributed by atoms with E-state index in [2.05, 4.69) is 0 Å². The number of hydrogen-bond acceptors (Lipinski definition) is 5. The number of hydrogen-bond donors (Lipinski definition) is 3. The Labute approximate surface area is 121 Å². The molecule has 0 heterocycles. The van der Waals surface area contributed by atoms with Gasteiger partial charge in [0.05, 0.1) is 7.11 Å². The number of carbonyl (C=O) groups excluding carboxylic acids is 1. The van der Waals surface area contributed by atoms with Crippen molar-refractivity contribution in [2.75, 3.05) is 7.11 Å². The highest BCUT2D eigenvalue weighted by Gasteiger charge is 2.07. The minimum Gasteiger partial charge on any atom is -0.508 e. The number of carbonyl (C=O) groups is 1. The van der Waals surface area contributed by atoms with Crippen LogP contribution in [-0.2, 0) is 0 Å². The van der Waals surface area contributed by atoms with Crippen LogP contribution >= 0.6 is 0 Å². The van der Waals surface area contributed by atoms with Crippen LogP contribution in [0.5, 0.6) is 23.0 Å². The fourth-order valence-corrected chi connectivity index (χ4v) is 1.84. The largest absolute Gasteiger partial charge is 0.508 e. The highest BCUT2D eigenvalue weighted by molar-refractivity contribution is 6.07. The van der Waals surface area contributed by atoms with Crippen molar-refractivity contribution in [3.63, 3.8) is 0 Å². The number of methoxy groups -OCH3 is 1. The monoisotopic (exact) mass is 286 g/mol. The van der Waals surface area contributed by atoms with E-state index >= 15 is 0 Å². The van der Waals surface area contributed by atoms with Crippen LogP contribution in [0.25, 0.3) is 6.08 Å². The molecule has 0 aliphatic heterocycles. The molecule has 21 heavy (non-hydrogen) atoms. The van der Waals surface area contributed by atoms with Gasteiger partial charge in [0.1, 0.15) is 23.0 Å². The van der Waals surface area contributed by atoms with E-state index in [9.17, 15) is 20.1 Å². The minimum atomic E-state index is -0.378. The van der Waals surface area contributed by atoms with Crippen LogP contribution in [0.3, 0.4) is 0 Å². The number of aromatic hydroxyl groups is 3. The van der Waals surface area contributed by atoms with E-state index in [1.54, 1.807) is 6.07 Å². The van der Waals surface area contributed by atoms with Crippen LogP contribution in [-0.4, -0.2) is 28.2 Å². The zero-order chi connectivity index (χ0) is 15.4. The molecule has 3 N–H and O–H groups in total. The van der Waals surface area contributed by atoms with Gasteiger partial charge in [0, 0.05) is 23.3 Å². The van der Waals surface area contributed by atoms with Crippen molar-refractivity contribution in [2.45, 2.75) is 0 Å². The fraction of sp³-hybridized carbons (Fsp3) is 0.0625. The lowest BCUT2D eigenvalue weighted by molar-refractivity contribution is 0.104. The lowest BCUT2D eigenvalue weighted by Crippen LogP contribution is -1.94. The van der Waals surface area contributed by atoms with Gasteiger partial charge < -0.3 is 20.1 Å². The smallest absolute Gasteiger partial charge is 0.186 e. The number of rotatable bonds is 4. The number of ketones is 1. The van der Waals surface area contributed by atoms with Gasteiger partial charge in [-0.3, -0.25) is 4.79 Å². The molecule has 0 aliphatic rings. The minimum absolute atomic E-state index is 0.0632. The summed E-state index contributed by atoms with van der Waals surface area (Å²) in [6.45, 7) is 0. The van der Waals surface area contributed by atoms with Crippen LogP contribution in [0.2, 0.25) is 0 Å². The molecule has 2 aromatic carbocycles. The molecule has 0 fully saturated rings. The summed E-state index contributed by atoms with van der Waals surface area (Å²) in [7, 11) is 1.46. The predicted molar refractivity (Wildman–Crippen MR) is 77.8 cm³/mol. The van der Waals surface area contributed by atoms with E-state index < -0.39 is 0 Å². The summed E-state index contributed by atoms with van der Waals surface area (Å²) in [6, 6.07) is 8.19. The molecule has 0 radical (unpaired) electrons. The lowest BCUT2D eigenvalue weighted by atomic mass is 10.1. The maximum Gasteiger partial charge on any atom is 0.186 e. The van der Waals surface area contributed by atoms with Crippen molar-refractivity contribution in [1.29, 1.82) is 0 Å². The van der Waals surface area contributed by atoms with Crippen molar-refractivity contribution >= 4 is 11.9 Å². The Kier molecular flexibility index (Phi) is 4.13. The molecule has 0 saturated heterocycles. The average molecular weight is 286 g/mol. The Morgan fingerprint density at radius 2 is 1.67 bits per heavy atom. The Hall–Kier alpha value is -2.95. The van der Waals surface area contributed by atoms with E-state index in [1.807, 2.05) is 0 Å². The maximum absolute atomic E-state index is 12.0. The molecule has 5 heteroatoms. The molecular weight excluding hydrogens is 272 g/mol. The second-order valence-electron chi connectivity index (χ2n) is 4.36. The second kappa shape index (κ2) is 6.00. The second-order valence-corrected chi connectivity index (χ2v) is 4.36. The van der Waals surface area contributed by atoms with Gasteiger partial charge in [0.25, 0.3) is 0 Å². The van der Waals surface area contributed by atoms with Crippen molar-refractivity contribution in [1.82, 2.24) is 0 Å². The molecule has 0 aliphatic carbocycles. The van der Waals surface area contributed by atoms with Crippen LogP contribution in [0.4, 0.5) is 0 Å². The highest BCUT2D eigenvalue weighted by Crippen LogP contribution is 2.25. The van der Waals surface area contributed by atoms with Crippen LogP contribution < -0.4 is 4.74 Å². The Morgan fingerprint density at radius 1 is 1.00 bits per heavy atom. The molecule has 0 spiro atoms. The van der Waals surface area contributed by atoms with Gasteiger partial charge in [-0.1, -0.05) is 0 Å². The first-order valence-electron chi connectivity index (χ1n) is 6.12. The summed E-state index contributed by atoms with van der Waals surface area (Å²) in [5, 5.41) is 28.1. The molecule has 0 atom stereocenters. The predicted octanol–water partition coefficient (Wildman–Crippen LogP) is 2.71. The van der Waals surface area contributed by atoms with E-state index in [-0.39, 0.29) is 28.6 Å². The summed E-state index contributed by atoms with van der Waals surface area (Å²) in [6.07, 6.45) is 2.82. The number of allylic oxidation sites excluding steroid dienone is 1. The number of phenolic OH excluding ortho intramolecular Hbond substituents is 3. The Morgan fingerprint density at radius 3 is 2.29 bits per heavy atom. The molecule has 0 saturated carbocycles. The summed E-state index contributed by atoms with van der Waals surface area (Å²) >= 11 is 0. The van der Waals surface area contributed by atoms with Crippen molar-refractivity contribution < 1.29 is 24.9 Å². The number of phenols is 3. The van der Waals surface area contributed by atoms with Gasteiger partial charge in [-0.05, 0) is 36.4 Å². The molecular formula is C16H14O5. The average Bonchev–Trinajstić information content (AvgIpc) is 2.44. The summed E-state index contributed by atoms with van der Waals surface area (Å²) in [4.78, 5) is 12.0. The third-order valence-electron chi connectivity index (χ3n) is 2.82. The number of ether oxygens (including phenoxy) is 1. The zero-order valence-electron chi connectivity index (χ0n) is 11.3. The molecule has 2 aromatic rings. The van der Waals surface area contributed by atoms with Crippen LogP contribution in [0.15, 0.2) is 42.5 Å². The van der Waals surface area contributed by atoms with Gasteiger partial charge in [-0.15, -0.1) is 0 Å². The molecule has 0 aromatic heterocycles. The van der Waals surface area contributed by atoms with E-state index in [4.69, 9.17) is 4.74 Å². The van der Waals surface area contributed by atoms with Gasteiger partial charge in [0.2, 0.25) is 0 Å². The van der Waals surface area contributed by atoms with Crippen LogP contribution in [0, 0.1) is 0 Å². The summed E-state index contributed by atoms with van der Waals surface area (Å²) < 4.78 is 5.10. The van der Waals surface area contributed by atoms with Gasteiger partial charge in [-0.2, -0.15) is 0 Å². The molecule has 5 nitrogen and oxygen atoms in total. The van der Waals surface area contributed by atoms with Crippen molar-refractivity contribution in [3.8, 4) is 23.0 Å². The molecule has 108 valence electrons. The van der Waals surface area contributed by atoms with E-state index in [0.29, 0.717) is 11.3 Å². The standard InChI is InChI=1S/C16H14O5/c1-21-16-9-12(17)4-2-10(16)3-5-15(20)11-6-13(18)8-14(19)7-11/h2-9,17-19H,1H3/b5-3+. The van der Waals surface area contributed by atoms with Crippen LogP contribution in [0.1, 0.15) is 15.9 Å². The lowest BCUT2D eigenvalue weighted by Gasteiger charge is -2.05. The SMILES string of the molecule is COc1cc(O)ccc1/C=C/C(=O)c1cc(O)cc(O)c1. The first kappa shape index (κ1) is 14.5. The molecule has 0 bridgehead atoms. The quantitative estimate of drug-likeness (QED) is 0.594. The van der Waals surface area contributed by atoms with Crippen molar-refractivity contribution in [2.24, 2.45) is 0 Å². The van der Waals surface area contributed by atoms with E-state index in [1.165, 1.54) is 43.5 Å². The first-order valence-corrected chi connectivity index (χ1v) is 6.12. The number of benzene rings is 2. The van der Waals surface area contributed by atoms with Crippen molar-refractivity contribution in [3.05, 3.63) is 53.6 Å². The first-order chi connectivity index (χ1) is 9.99. The maximum atomic E-state index is 12.0. The highest BCUT2D eigenvalue weighted by atomic mass is 16.5. The van der Waals surface area contributed by atoms with E-state index in [0.717, 1.165) is 6.07 Å². The Bertz CT molecular complexity index is 684. The molecule has 0 unspecified atom stereocenters. The summed E-state index contributed by atoms with van der Waals surface area (Å²) in [5.41, 5.74) is 0.787. The van der Waals surface area contributed by atoms with Gasteiger partial charge in [0.15, 0.2) is 5.78 Å². The third kappa shape index (κ3) is 3.54. The van der Waals surface area contributed by atoms with Gasteiger partial charge in [-0.25, -0.2) is 0 Å². The zero-order valence-corrected chi connectivity index (χ0v) is 11.3. The molecule has 0 amide bonds. The fourth-order valence-electron chi connectivity index (χ4n) is 1.84. The molecule has 2 rings (SSSR count). The third-order valence-corrected chi connectivity index (χ3v) is 2.82. The Balaban J connectivity index is 2.26. The summed E-state index contributed by atoms with van der Waals surface area (Å²) in [5.74, 6) is -0.259. The normalized spacial score (nSPS) is 10.7.